The molecule has 1 N–H and O–H groups in total. The first-order valence-corrected chi connectivity index (χ1v) is 9.21. The van der Waals surface area contributed by atoms with Gasteiger partial charge in [-0.2, -0.15) is 0 Å². The van der Waals surface area contributed by atoms with Crippen LogP contribution >= 0.6 is 22.9 Å². The van der Waals surface area contributed by atoms with Crippen LogP contribution in [-0.4, -0.2) is 61.8 Å². The van der Waals surface area contributed by atoms with Gasteiger partial charge in [0.05, 0.1) is 24.1 Å². The zero-order valence-corrected chi connectivity index (χ0v) is 15.6. The molecule has 130 valence electrons. The van der Waals surface area contributed by atoms with E-state index in [1.54, 1.807) is 4.90 Å². The Morgan fingerprint density at radius 2 is 2.13 bits per heavy atom. The number of hydrogen-bond donors (Lipinski definition) is 1. The summed E-state index contributed by atoms with van der Waals surface area (Å²) in [6.45, 7) is 9.05. The maximum atomic E-state index is 12.3. The minimum Gasteiger partial charge on any atom is -0.379 e. The van der Waals surface area contributed by atoms with Gasteiger partial charge in [-0.1, -0.05) is 25.4 Å². The van der Waals surface area contributed by atoms with Crippen molar-refractivity contribution in [3.8, 4) is 0 Å². The molecule has 2 heterocycles. The third kappa shape index (κ3) is 5.64. The number of carbonyl (C=O) groups is 1. The van der Waals surface area contributed by atoms with Crippen LogP contribution in [0.25, 0.3) is 0 Å². The molecule has 2 amide bonds. The van der Waals surface area contributed by atoms with Crippen LogP contribution in [0.1, 0.15) is 18.7 Å². The standard InChI is InChI=1S/C16H26ClN3O2S/c1-12(2)14(20-6-8-22-9-7-20)10-18-16(21)19(3)11-13-4-5-15(17)23-13/h4-5,12,14H,6-11H2,1-3H3,(H,18,21). The van der Waals surface area contributed by atoms with Crippen molar-refractivity contribution in [2.75, 3.05) is 39.9 Å². The molecule has 5 nitrogen and oxygen atoms in total. The molecule has 7 heteroatoms. The molecule has 1 saturated heterocycles. The van der Waals surface area contributed by atoms with Gasteiger partial charge >= 0.3 is 6.03 Å². The first-order valence-electron chi connectivity index (χ1n) is 8.02. The van der Waals surface area contributed by atoms with E-state index in [0.29, 0.717) is 25.0 Å². The fraction of sp³-hybridized carbons (Fsp3) is 0.688. The van der Waals surface area contributed by atoms with Crippen LogP contribution in [0, 0.1) is 5.92 Å². The highest BCUT2D eigenvalue weighted by molar-refractivity contribution is 7.16. The molecule has 1 aliphatic rings. The van der Waals surface area contributed by atoms with Gasteiger partial charge in [0.2, 0.25) is 0 Å². The number of nitrogens with zero attached hydrogens (tertiary/aromatic N) is 2. The van der Waals surface area contributed by atoms with Crippen LogP contribution in [0.15, 0.2) is 12.1 Å². The average molecular weight is 360 g/mol. The van der Waals surface area contributed by atoms with Crippen molar-refractivity contribution in [2.24, 2.45) is 5.92 Å². The zero-order chi connectivity index (χ0) is 16.8. The quantitative estimate of drug-likeness (QED) is 0.849. The van der Waals surface area contributed by atoms with E-state index in [1.807, 2.05) is 19.2 Å². The Bertz CT molecular complexity index is 503. The summed E-state index contributed by atoms with van der Waals surface area (Å²) in [5, 5.41) is 3.06. The normalized spacial score (nSPS) is 17.3. The van der Waals surface area contributed by atoms with Crippen LogP contribution in [0.4, 0.5) is 4.79 Å². The van der Waals surface area contributed by atoms with Crippen molar-refractivity contribution in [3.63, 3.8) is 0 Å². The van der Waals surface area contributed by atoms with Gasteiger partial charge in [0, 0.05) is 37.6 Å². The molecule has 1 aromatic heterocycles. The van der Waals surface area contributed by atoms with E-state index in [4.69, 9.17) is 16.3 Å². The van der Waals surface area contributed by atoms with Gasteiger partial charge in [0.1, 0.15) is 0 Å². The Morgan fingerprint density at radius 1 is 1.43 bits per heavy atom. The summed E-state index contributed by atoms with van der Waals surface area (Å²) in [4.78, 5) is 17.5. The van der Waals surface area contributed by atoms with Crippen molar-refractivity contribution in [1.29, 1.82) is 0 Å². The number of thiophene rings is 1. The topological polar surface area (TPSA) is 44.8 Å². The molecule has 0 radical (unpaired) electrons. The van der Waals surface area contributed by atoms with Crippen molar-refractivity contribution in [2.45, 2.75) is 26.4 Å². The average Bonchev–Trinajstić information content (AvgIpc) is 2.93. The van der Waals surface area contributed by atoms with Gasteiger partial charge in [-0.25, -0.2) is 4.79 Å². The summed E-state index contributed by atoms with van der Waals surface area (Å²) in [6.07, 6.45) is 0. The predicted octanol–water partition coefficient (Wildman–Crippen LogP) is 2.90. The first kappa shape index (κ1) is 18.5. The number of morpholine rings is 1. The van der Waals surface area contributed by atoms with Crippen LogP contribution in [0.5, 0.6) is 0 Å². The molecule has 2 rings (SSSR count). The Kier molecular flexibility index (Phi) is 7.14. The molecule has 1 aliphatic heterocycles. The monoisotopic (exact) mass is 359 g/mol. The van der Waals surface area contributed by atoms with E-state index >= 15 is 0 Å². The predicted molar refractivity (Wildman–Crippen MR) is 95.2 cm³/mol. The highest BCUT2D eigenvalue weighted by Crippen LogP contribution is 2.22. The summed E-state index contributed by atoms with van der Waals surface area (Å²) < 4.78 is 6.17. The van der Waals surface area contributed by atoms with E-state index < -0.39 is 0 Å². The zero-order valence-electron chi connectivity index (χ0n) is 14.0. The van der Waals surface area contributed by atoms with Gasteiger partial charge in [-0.05, 0) is 18.1 Å². The third-order valence-electron chi connectivity index (χ3n) is 4.12. The molecular formula is C16H26ClN3O2S. The maximum absolute atomic E-state index is 12.3. The molecular weight excluding hydrogens is 334 g/mol. The number of ether oxygens (including phenoxy) is 1. The SMILES string of the molecule is CC(C)C(CNC(=O)N(C)Cc1ccc(Cl)s1)N1CCOCC1. The minimum absolute atomic E-state index is 0.0477. The Morgan fingerprint density at radius 3 is 2.70 bits per heavy atom. The highest BCUT2D eigenvalue weighted by Gasteiger charge is 2.24. The van der Waals surface area contributed by atoms with E-state index in [1.165, 1.54) is 11.3 Å². The largest absolute Gasteiger partial charge is 0.379 e. The lowest BCUT2D eigenvalue weighted by atomic mass is 10.0. The van der Waals surface area contributed by atoms with E-state index in [9.17, 15) is 4.79 Å². The van der Waals surface area contributed by atoms with Crippen LogP contribution < -0.4 is 5.32 Å². The second-order valence-corrected chi connectivity index (χ2v) is 8.01. The molecule has 1 aromatic rings. The number of urea groups is 1. The summed E-state index contributed by atoms with van der Waals surface area (Å²) in [5.74, 6) is 0.481. The van der Waals surface area contributed by atoms with Crippen LogP contribution in [0.3, 0.4) is 0 Å². The molecule has 0 bridgehead atoms. The van der Waals surface area contributed by atoms with E-state index in [0.717, 1.165) is 35.5 Å². The second-order valence-electron chi connectivity index (χ2n) is 6.21. The molecule has 1 fully saturated rings. The number of rotatable bonds is 6. The first-order chi connectivity index (χ1) is 11.0. The lowest BCUT2D eigenvalue weighted by molar-refractivity contribution is 0.00698. The lowest BCUT2D eigenvalue weighted by Gasteiger charge is -2.37. The molecule has 0 saturated carbocycles. The summed E-state index contributed by atoms with van der Waals surface area (Å²) in [5.41, 5.74) is 0. The van der Waals surface area contributed by atoms with Crippen LogP contribution in [0.2, 0.25) is 4.34 Å². The minimum atomic E-state index is -0.0477. The summed E-state index contributed by atoms with van der Waals surface area (Å²) >= 11 is 7.44. The molecule has 0 aliphatic carbocycles. The number of hydrogen-bond acceptors (Lipinski definition) is 4. The molecule has 1 atom stereocenters. The maximum Gasteiger partial charge on any atom is 0.317 e. The molecule has 23 heavy (non-hydrogen) atoms. The lowest BCUT2D eigenvalue weighted by Crippen LogP contribution is -2.52. The fourth-order valence-electron chi connectivity index (χ4n) is 2.76. The molecule has 0 aromatic carbocycles. The van der Waals surface area contributed by atoms with Gasteiger partial charge in [-0.3, -0.25) is 4.90 Å². The van der Waals surface area contributed by atoms with E-state index in [2.05, 4.69) is 24.1 Å². The smallest absolute Gasteiger partial charge is 0.317 e. The summed E-state index contributed by atoms with van der Waals surface area (Å²) in [6, 6.07) is 4.11. The van der Waals surface area contributed by atoms with Crippen molar-refractivity contribution in [1.82, 2.24) is 15.1 Å². The highest BCUT2D eigenvalue weighted by atomic mass is 35.5. The van der Waals surface area contributed by atoms with Gasteiger partial charge in [0.15, 0.2) is 0 Å². The Labute approximate surface area is 147 Å². The molecule has 1 unspecified atom stereocenters. The number of amides is 2. The Balaban J connectivity index is 1.82. The van der Waals surface area contributed by atoms with Crippen molar-refractivity contribution < 1.29 is 9.53 Å². The summed E-state index contributed by atoms with van der Waals surface area (Å²) in [7, 11) is 1.81. The number of carbonyl (C=O) groups excluding carboxylic acids is 1. The fourth-order valence-corrected chi connectivity index (χ4v) is 3.91. The van der Waals surface area contributed by atoms with Crippen LogP contribution in [-0.2, 0) is 11.3 Å². The van der Waals surface area contributed by atoms with Crippen molar-refractivity contribution in [3.05, 3.63) is 21.3 Å². The van der Waals surface area contributed by atoms with Gasteiger partial charge in [-0.15, -0.1) is 11.3 Å². The van der Waals surface area contributed by atoms with E-state index in [-0.39, 0.29) is 6.03 Å². The van der Waals surface area contributed by atoms with Crippen molar-refractivity contribution >= 4 is 29.0 Å². The number of halogens is 1. The number of nitrogens with one attached hydrogen (secondary N) is 1. The Hall–Kier alpha value is -0.820. The van der Waals surface area contributed by atoms with Gasteiger partial charge < -0.3 is 15.0 Å². The molecule has 0 spiro atoms. The third-order valence-corrected chi connectivity index (χ3v) is 5.33. The van der Waals surface area contributed by atoms with Gasteiger partial charge in [0.25, 0.3) is 0 Å². The second kappa shape index (κ2) is 8.87.